The maximum atomic E-state index is 12.8. The zero-order valence-corrected chi connectivity index (χ0v) is 14.5. The predicted octanol–water partition coefficient (Wildman–Crippen LogP) is 4.32. The lowest BCUT2D eigenvalue weighted by Gasteiger charge is -2.12. The molecule has 0 saturated heterocycles. The van der Waals surface area contributed by atoms with Crippen molar-refractivity contribution in [3.63, 3.8) is 0 Å². The molecule has 0 N–H and O–H groups in total. The van der Waals surface area contributed by atoms with Crippen LogP contribution in [-0.2, 0) is 0 Å². The molecule has 4 heteroatoms. The van der Waals surface area contributed by atoms with Crippen LogP contribution >= 0.6 is 0 Å². The third-order valence-corrected chi connectivity index (χ3v) is 5.17. The first-order valence-corrected chi connectivity index (χ1v) is 8.53. The highest BCUT2D eigenvalue weighted by Gasteiger charge is 2.35. The molecule has 1 aromatic heterocycles. The smallest absolute Gasteiger partial charge is 0.263 e. The molecule has 1 aliphatic rings. The van der Waals surface area contributed by atoms with E-state index in [4.69, 9.17) is 0 Å². The molecule has 126 valence electrons. The van der Waals surface area contributed by atoms with Crippen LogP contribution in [0.25, 0.3) is 27.5 Å². The zero-order valence-electron chi connectivity index (χ0n) is 14.5. The quantitative estimate of drug-likeness (QED) is 0.484. The van der Waals surface area contributed by atoms with Crippen LogP contribution in [0.1, 0.15) is 26.3 Å². The average Bonchev–Trinajstić information content (AvgIpc) is 3.09. The summed E-state index contributed by atoms with van der Waals surface area (Å²) in [4.78, 5) is 26.3. The van der Waals surface area contributed by atoms with E-state index in [1.807, 2.05) is 24.3 Å². The summed E-state index contributed by atoms with van der Waals surface area (Å²) in [5, 5.41) is 2.26. The van der Waals surface area contributed by atoms with Crippen LogP contribution < -0.4 is 0 Å². The van der Waals surface area contributed by atoms with Crippen molar-refractivity contribution in [2.24, 2.45) is 0 Å². The van der Waals surface area contributed by atoms with E-state index >= 15 is 0 Å². The monoisotopic (exact) mass is 340 g/mol. The molecule has 4 nitrogen and oxygen atoms in total. The number of carbonyl (C=O) groups is 2. The van der Waals surface area contributed by atoms with Gasteiger partial charge >= 0.3 is 0 Å². The molecular formula is C22H16N2O2. The summed E-state index contributed by atoms with van der Waals surface area (Å²) >= 11 is 0. The van der Waals surface area contributed by atoms with Crippen molar-refractivity contribution < 1.29 is 9.59 Å². The van der Waals surface area contributed by atoms with Crippen molar-refractivity contribution in [3.05, 3.63) is 77.4 Å². The molecule has 1 aliphatic heterocycles. The first kappa shape index (κ1) is 14.9. The summed E-state index contributed by atoms with van der Waals surface area (Å²) < 4.78 is 2.10. The SMILES string of the molecule is Cc1ccc2c3ccccc3n(-c3cccc4c3C(=O)N(C)C4=O)c2c1. The average molecular weight is 340 g/mol. The van der Waals surface area contributed by atoms with Gasteiger partial charge in [0.2, 0.25) is 0 Å². The summed E-state index contributed by atoms with van der Waals surface area (Å²) in [5.74, 6) is -0.497. The molecule has 0 unspecified atom stereocenters. The van der Waals surface area contributed by atoms with E-state index in [9.17, 15) is 9.59 Å². The Morgan fingerprint density at radius 1 is 0.769 bits per heavy atom. The van der Waals surface area contributed by atoms with E-state index in [1.165, 1.54) is 11.9 Å². The number of carbonyl (C=O) groups excluding carboxylic acids is 2. The Hall–Kier alpha value is -3.40. The summed E-state index contributed by atoms with van der Waals surface area (Å²) in [5.41, 5.74) is 4.90. The highest BCUT2D eigenvalue weighted by atomic mass is 16.2. The summed E-state index contributed by atoms with van der Waals surface area (Å²) in [7, 11) is 1.53. The van der Waals surface area contributed by atoms with Gasteiger partial charge in [-0.2, -0.15) is 0 Å². The number of amides is 2. The number of aryl methyl sites for hydroxylation is 1. The molecule has 4 aromatic rings. The van der Waals surface area contributed by atoms with E-state index < -0.39 is 0 Å². The fourth-order valence-corrected chi connectivity index (χ4v) is 3.91. The normalized spacial score (nSPS) is 13.8. The molecule has 0 aliphatic carbocycles. The number of rotatable bonds is 1. The third kappa shape index (κ3) is 1.78. The molecule has 2 heterocycles. The minimum atomic E-state index is -0.251. The zero-order chi connectivity index (χ0) is 18.0. The van der Waals surface area contributed by atoms with Crippen molar-refractivity contribution in [1.29, 1.82) is 0 Å². The van der Waals surface area contributed by atoms with Crippen LogP contribution in [0.15, 0.2) is 60.7 Å². The van der Waals surface area contributed by atoms with Crippen LogP contribution in [0.4, 0.5) is 0 Å². The van der Waals surface area contributed by atoms with Crippen LogP contribution in [0.2, 0.25) is 0 Å². The van der Waals surface area contributed by atoms with E-state index in [0.717, 1.165) is 33.1 Å². The van der Waals surface area contributed by atoms with E-state index in [0.29, 0.717) is 11.1 Å². The van der Waals surface area contributed by atoms with Crippen molar-refractivity contribution >= 4 is 33.6 Å². The number of hydrogen-bond acceptors (Lipinski definition) is 2. The van der Waals surface area contributed by atoms with Crippen molar-refractivity contribution in [3.8, 4) is 5.69 Å². The Balaban J connectivity index is 1.97. The van der Waals surface area contributed by atoms with Gasteiger partial charge in [-0.05, 0) is 36.8 Å². The van der Waals surface area contributed by atoms with E-state index in [2.05, 4.69) is 41.8 Å². The van der Waals surface area contributed by atoms with E-state index in [-0.39, 0.29) is 11.8 Å². The van der Waals surface area contributed by atoms with Gasteiger partial charge in [0.05, 0.1) is 27.8 Å². The molecule has 26 heavy (non-hydrogen) atoms. The highest BCUT2D eigenvalue weighted by molar-refractivity contribution is 6.23. The van der Waals surface area contributed by atoms with Gasteiger partial charge in [-0.15, -0.1) is 0 Å². The summed E-state index contributed by atoms with van der Waals surface area (Å²) in [6.45, 7) is 2.05. The number of nitrogens with zero attached hydrogens (tertiary/aromatic N) is 2. The topological polar surface area (TPSA) is 42.3 Å². The predicted molar refractivity (Wildman–Crippen MR) is 102 cm³/mol. The van der Waals surface area contributed by atoms with Gasteiger partial charge in [0.15, 0.2) is 0 Å². The molecule has 0 bridgehead atoms. The van der Waals surface area contributed by atoms with Crippen LogP contribution in [0, 0.1) is 6.92 Å². The maximum Gasteiger partial charge on any atom is 0.263 e. The molecule has 5 rings (SSSR count). The third-order valence-electron chi connectivity index (χ3n) is 5.17. The van der Waals surface area contributed by atoms with Crippen LogP contribution in [0.3, 0.4) is 0 Å². The molecule has 0 spiro atoms. The Morgan fingerprint density at radius 3 is 2.38 bits per heavy atom. The van der Waals surface area contributed by atoms with E-state index in [1.54, 1.807) is 6.07 Å². The molecule has 0 radical (unpaired) electrons. The Labute approximate surface area is 150 Å². The first-order chi connectivity index (χ1) is 12.6. The van der Waals surface area contributed by atoms with Crippen molar-refractivity contribution in [2.75, 3.05) is 7.05 Å². The second-order valence-electron chi connectivity index (χ2n) is 6.74. The lowest BCUT2D eigenvalue weighted by Crippen LogP contribution is -2.24. The largest absolute Gasteiger partial charge is 0.308 e. The maximum absolute atomic E-state index is 12.8. The Bertz CT molecular complexity index is 1250. The minimum absolute atomic E-state index is 0.246. The number of benzene rings is 3. The van der Waals surface area contributed by atoms with Crippen LogP contribution in [0.5, 0.6) is 0 Å². The van der Waals surface area contributed by atoms with Gasteiger partial charge in [-0.25, -0.2) is 0 Å². The highest BCUT2D eigenvalue weighted by Crippen LogP contribution is 2.36. The Morgan fingerprint density at radius 2 is 1.54 bits per heavy atom. The number of aromatic nitrogens is 1. The summed E-state index contributed by atoms with van der Waals surface area (Å²) in [6.07, 6.45) is 0. The second kappa shape index (κ2) is 5.05. The van der Waals surface area contributed by atoms with Gasteiger partial charge in [-0.1, -0.05) is 36.4 Å². The molecule has 0 saturated carbocycles. The summed E-state index contributed by atoms with van der Waals surface area (Å²) in [6, 6.07) is 20.0. The molecule has 0 fully saturated rings. The standard InChI is InChI=1S/C22H16N2O2/c1-13-10-11-15-14-6-3-4-8-17(14)24(19(15)12-13)18-9-5-7-16-20(18)22(26)23(2)21(16)25/h3-12H,1-2H3. The van der Waals surface area contributed by atoms with Gasteiger partial charge < -0.3 is 4.57 Å². The first-order valence-electron chi connectivity index (χ1n) is 8.53. The minimum Gasteiger partial charge on any atom is -0.308 e. The molecule has 3 aromatic carbocycles. The second-order valence-corrected chi connectivity index (χ2v) is 6.74. The molecule has 2 amide bonds. The van der Waals surface area contributed by atoms with Gasteiger partial charge in [0.1, 0.15) is 0 Å². The lowest BCUT2D eigenvalue weighted by molar-refractivity contribution is 0.0693. The fourth-order valence-electron chi connectivity index (χ4n) is 3.91. The number of hydrogen-bond donors (Lipinski definition) is 0. The van der Waals surface area contributed by atoms with Crippen molar-refractivity contribution in [2.45, 2.75) is 6.92 Å². The molecule has 0 atom stereocenters. The van der Waals surface area contributed by atoms with Crippen LogP contribution in [-0.4, -0.2) is 28.3 Å². The fraction of sp³-hybridized carbons (Fsp3) is 0.0909. The molecular weight excluding hydrogens is 324 g/mol. The lowest BCUT2D eigenvalue weighted by atomic mass is 10.1. The number of fused-ring (bicyclic) bond motifs is 4. The van der Waals surface area contributed by atoms with Gasteiger partial charge in [0.25, 0.3) is 11.8 Å². The van der Waals surface area contributed by atoms with Crippen molar-refractivity contribution in [1.82, 2.24) is 9.47 Å². The number of imide groups is 1. The number of para-hydroxylation sites is 1. The van der Waals surface area contributed by atoms with Gasteiger partial charge in [-0.3, -0.25) is 14.5 Å². The Kier molecular flexibility index (Phi) is 2.89. The van der Waals surface area contributed by atoms with Gasteiger partial charge in [0, 0.05) is 17.8 Å².